The maximum absolute atomic E-state index is 12.1. The number of carbonyl (C=O) groups excluding carboxylic acids is 1. The molecule has 0 atom stereocenters. The SMILES string of the molecule is O=C(NCc1ccc(Cl)nc1)NCc1ccccc1CN1CCOCC1. The number of hydrogen-bond donors (Lipinski definition) is 2. The van der Waals surface area contributed by atoms with Crippen molar-refractivity contribution < 1.29 is 9.53 Å². The number of morpholine rings is 1. The molecule has 0 spiro atoms. The second kappa shape index (κ2) is 9.52. The topological polar surface area (TPSA) is 66.5 Å². The lowest BCUT2D eigenvalue weighted by atomic mass is 10.1. The van der Waals surface area contributed by atoms with Crippen LogP contribution in [-0.4, -0.2) is 42.2 Å². The number of halogens is 1. The van der Waals surface area contributed by atoms with Crippen molar-refractivity contribution >= 4 is 17.6 Å². The highest BCUT2D eigenvalue weighted by atomic mass is 35.5. The molecule has 0 saturated carbocycles. The van der Waals surface area contributed by atoms with Gasteiger partial charge in [0.1, 0.15) is 5.15 Å². The van der Waals surface area contributed by atoms with Gasteiger partial charge in [-0.25, -0.2) is 9.78 Å². The molecule has 0 unspecified atom stereocenters. The number of rotatable bonds is 6. The van der Waals surface area contributed by atoms with Crippen molar-refractivity contribution in [3.05, 3.63) is 64.4 Å². The number of hydrogen-bond acceptors (Lipinski definition) is 4. The van der Waals surface area contributed by atoms with E-state index in [1.165, 1.54) is 5.56 Å². The molecule has 1 saturated heterocycles. The molecule has 2 N–H and O–H groups in total. The van der Waals surface area contributed by atoms with E-state index >= 15 is 0 Å². The predicted molar refractivity (Wildman–Crippen MR) is 101 cm³/mol. The molecule has 1 fully saturated rings. The molecule has 1 aliphatic rings. The van der Waals surface area contributed by atoms with Gasteiger partial charge in [-0.15, -0.1) is 0 Å². The molecule has 0 bridgehead atoms. The van der Waals surface area contributed by atoms with Crippen molar-refractivity contribution in [2.45, 2.75) is 19.6 Å². The summed E-state index contributed by atoms with van der Waals surface area (Å²) in [5.41, 5.74) is 3.26. The molecule has 1 aromatic carbocycles. The Morgan fingerprint density at radius 1 is 1.08 bits per heavy atom. The van der Waals surface area contributed by atoms with Gasteiger partial charge in [0.05, 0.1) is 13.2 Å². The average Bonchev–Trinajstić information content (AvgIpc) is 2.68. The van der Waals surface area contributed by atoms with Crippen molar-refractivity contribution in [2.24, 2.45) is 0 Å². The summed E-state index contributed by atoms with van der Waals surface area (Å²) in [6.07, 6.45) is 1.65. The highest BCUT2D eigenvalue weighted by Crippen LogP contribution is 2.13. The highest BCUT2D eigenvalue weighted by molar-refractivity contribution is 6.29. The molecule has 2 heterocycles. The Kier molecular flexibility index (Phi) is 6.82. The Morgan fingerprint density at radius 3 is 2.54 bits per heavy atom. The van der Waals surface area contributed by atoms with Crippen LogP contribution in [0.4, 0.5) is 4.79 Å². The van der Waals surface area contributed by atoms with Crippen LogP contribution in [0.15, 0.2) is 42.6 Å². The first-order chi connectivity index (χ1) is 12.7. The van der Waals surface area contributed by atoms with Gasteiger partial charge in [0.15, 0.2) is 0 Å². The van der Waals surface area contributed by atoms with Gasteiger partial charge in [-0.05, 0) is 22.8 Å². The summed E-state index contributed by atoms with van der Waals surface area (Å²) in [6.45, 7) is 5.22. The molecule has 1 aromatic heterocycles. The molecule has 0 radical (unpaired) electrons. The lowest BCUT2D eigenvalue weighted by Gasteiger charge is -2.27. The number of aromatic nitrogens is 1. The van der Waals surface area contributed by atoms with Crippen LogP contribution in [0.2, 0.25) is 5.15 Å². The van der Waals surface area contributed by atoms with E-state index in [4.69, 9.17) is 16.3 Å². The summed E-state index contributed by atoms with van der Waals surface area (Å²) >= 11 is 5.76. The van der Waals surface area contributed by atoms with Crippen molar-refractivity contribution in [3.8, 4) is 0 Å². The first-order valence-electron chi connectivity index (χ1n) is 8.70. The van der Waals surface area contributed by atoms with E-state index in [0.717, 1.165) is 44.0 Å². The number of urea groups is 1. The van der Waals surface area contributed by atoms with Crippen LogP contribution < -0.4 is 10.6 Å². The molecule has 0 aliphatic carbocycles. The van der Waals surface area contributed by atoms with Crippen LogP contribution in [0.25, 0.3) is 0 Å². The van der Waals surface area contributed by atoms with Crippen LogP contribution in [0.1, 0.15) is 16.7 Å². The zero-order valence-corrected chi connectivity index (χ0v) is 15.3. The standard InChI is InChI=1S/C19H23ClN4O2/c20-18-6-5-15(11-21-18)12-22-19(25)23-13-16-3-1-2-4-17(16)14-24-7-9-26-10-8-24/h1-6,11H,7-10,12-14H2,(H2,22,23,25). The van der Waals surface area contributed by atoms with Crippen LogP contribution in [-0.2, 0) is 24.4 Å². The Labute approximate surface area is 158 Å². The molecule has 7 heteroatoms. The monoisotopic (exact) mass is 374 g/mol. The van der Waals surface area contributed by atoms with Gasteiger partial charge in [-0.1, -0.05) is 41.9 Å². The number of carbonyl (C=O) groups is 1. The number of amides is 2. The summed E-state index contributed by atoms with van der Waals surface area (Å²) in [6, 6.07) is 11.5. The van der Waals surface area contributed by atoms with Gasteiger partial charge >= 0.3 is 6.03 Å². The minimum atomic E-state index is -0.207. The van der Waals surface area contributed by atoms with E-state index in [1.54, 1.807) is 12.3 Å². The number of nitrogens with zero attached hydrogens (tertiary/aromatic N) is 2. The van der Waals surface area contributed by atoms with Gasteiger partial charge < -0.3 is 15.4 Å². The van der Waals surface area contributed by atoms with Crippen LogP contribution in [0, 0.1) is 0 Å². The lowest BCUT2D eigenvalue weighted by molar-refractivity contribution is 0.0341. The molecule has 1 aliphatic heterocycles. The fourth-order valence-corrected chi connectivity index (χ4v) is 2.93. The number of benzene rings is 1. The largest absolute Gasteiger partial charge is 0.379 e. The second-order valence-electron chi connectivity index (χ2n) is 6.18. The van der Waals surface area contributed by atoms with Crippen LogP contribution >= 0.6 is 11.6 Å². The molecule has 3 rings (SSSR count). The smallest absolute Gasteiger partial charge is 0.315 e. The first kappa shape index (κ1) is 18.6. The fourth-order valence-electron chi connectivity index (χ4n) is 2.82. The third kappa shape index (κ3) is 5.69. The third-order valence-electron chi connectivity index (χ3n) is 4.30. The normalized spacial score (nSPS) is 14.8. The van der Waals surface area contributed by atoms with Crippen molar-refractivity contribution in [3.63, 3.8) is 0 Å². The number of nitrogens with one attached hydrogen (secondary N) is 2. The van der Waals surface area contributed by atoms with E-state index < -0.39 is 0 Å². The zero-order chi connectivity index (χ0) is 18.2. The fraction of sp³-hybridized carbons (Fsp3) is 0.368. The van der Waals surface area contributed by atoms with E-state index in [1.807, 2.05) is 18.2 Å². The summed E-state index contributed by atoms with van der Waals surface area (Å²) in [5, 5.41) is 6.19. The van der Waals surface area contributed by atoms with Gasteiger partial charge in [0.2, 0.25) is 0 Å². The Balaban J connectivity index is 1.49. The summed E-state index contributed by atoms with van der Waals surface area (Å²) in [5.74, 6) is 0. The van der Waals surface area contributed by atoms with E-state index in [-0.39, 0.29) is 6.03 Å². The highest BCUT2D eigenvalue weighted by Gasteiger charge is 2.13. The number of pyridine rings is 1. The van der Waals surface area contributed by atoms with Crippen molar-refractivity contribution in [1.29, 1.82) is 0 Å². The van der Waals surface area contributed by atoms with Crippen LogP contribution in [0.5, 0.6) is 0 Å². The molecular formula is C19H23ClN4O2. The quantitative estimate of drug-likeness (QED) is 0.763. The average molecular weight is 375 g/mol. The van der Waals surface area contributed by atoms with Gasteiger partial charge in [-0.2, -0.15) is 0 Å². The molecule has 26 heavy (non-hydrogen) atoms. The predicted octanol–water partition coefficient (Wildman–Crippen LogP) is 2.57. The van der Waals surface area contributed by atoms with Crippen molar-refractivity contribution in [2.75, 3.05) is 26.3 Å². The van der Waals surface area contributed by atoms with Gasteiger partial charge in [0.25, 0.3) is 0 Å². The minimum Gasteiger partial charge on any atom is -0.379 e. The lowest BCUT2D eigenvalue weighted by Crippen LogP contribution is -2.37. The van der Waals surface area contributed by atoms with E-state index in [2.05, 4.69) is 32.7 Å². The third-order valence-corrected chi connectivity index (χ3v) is 4.52. The summed E-state index contributed by atoms with van der Waals surface area (Å²) in [4.78, 5) is 18.4. The molecule has 138 valence electrons. The Hall–Kier alpha value is -2.15. The molecule has 2 amide bonds. The first-order valence-corrected chi connectivity index (χ1v) is 9.07. The molecule has 6 nitrogen and oxygen atoms in total. The van der Waals surface area contributed by atoms with Crippen LogP contribution in [0.3, 0.4) is 0 Å². The maximum Gasteiger partial charge on any atom is 0.315 e. The molecule has 2 aromatic rings. The van der Waals surface area contributed by atoms with Crippen molar-refractivity contribution in [1.82, 2.24) is 20.5 Å². The summed E-state index contributed by atoms with van der Waals surface area (Å²) in [7, 11) is 0. The minimum absolute atomic E-state index is 0.207. The zero-order valence-electron chi connectivity index (χ0n) is 14.6. The molecular weight excluding hydrogens is 352 g/mol. The maximum atomic E-state index is 12.1. The van der Waals surface area contributed by atoms with Gasteiger partial charge in [-0.3, -0.25) is 4.90 Å². The number of ether oxygens (including phenoxy) is 1. The van der Waals surface area contributed by atoms with Gasteiger partial charge in [0, 0.05) is 38.9 Å². The second-order valence-corrected chi connectivity index (χ2v) is 6.57. The van der Waals surface area contributed by atoms with E-state index in [9.17, 15) is 4.79 Å². The Morgan fingerprint density at radius 2 is 1.81 bits per heavy atom. The summed E-state index contributed by atoms with van der Waals surface area (Å²) < 4.78 is 5.40. The Bertz CT molecular complexity index is 718. The van der Waals surface area contributed by atoms with E-state index in [0.29, 0.717) is 18.2 Å².